The molecule has 5 heteroatoms. The van der Waals surface area contributed by atoms with Gasteiger partial charge in [-0.25, -0.2) is 4.79 Å². The third-order valence-corrected chi connectivity index (χ3v) is 4.50. The van der Waals surface area contributed by atoms with Gasteiger partial charge in [-0.15, -0.1) is 0 Å². The fourth-order valence-electron chi connectivity index (χ4n) is 3.04. The minimum Gasteiger partial charge on any atom is -0.444 e. The van der Waals surface area contributed by atoms with Crippen molar-refractivity contribution in [1.29, 1.82) is 0 Å². The number of amides is 1. The molecule has 0 aliphatic carbocycles. The molecule has 1 amide bonds. The van der Waals surface area contributed by atoms with E-state index in [0.717, 1.165) is 17.9 Å². The molecule has 0 aromatic heterocycles. The van der Waals surface area contributed by atoms with E-state index in [4.69, 9.17) is 21.1 Å². The average Bonchev–Trinajstić information content (AvgIpc) is 2.47. The minimum atomic E-state index is -0.464. The Morgan fingerprint density at radius 1 is 1.22 bits per heavy atom. The van der Waals surface area contributed by atoms with Crippen LogP contribution in [0, 0.1) is 0 Å². The third kappa shape index (κ3) is 4.61. The average molecular weight is 340 g/mol. The summed E-state index contributed by atoms with van der Waals surface area (Å²) < 4.78 is 10.9. The summed E-state index contributed by atoms with van der Waals surface area (Å²) in [5.41, 5.74) is 0.680. The zero-order chi connectivity index (χ0) is 17.1. The number of hydrogen-bond donors (Lipinski definition) is 0. The van der Waals surface area contributed by atoms with Crippen LogP contribution >= 0.6 is 11.6 Å². The molecule has 4 nitrogen and oxygen atoms in total. The van der Waals surface area contributed by atoms with Crippen LogP contribution in [0.3, 0.4) is 0 Å². The summed E-state index contributed by atoms with van der Waals surface area (Å²) in [5.74, 6) is 0. The topological polar surface area (TPSA) is 38.8 Å². The first kappa shape index (κ1) is 18.1. The SMILES string of the molecule is COCC1(c2ccc(Cl)cc2)CCN(C(=O)OC(C)(C)C)CC1. The smallest absolute Gasteiger partial charge is 0.410 e. The van der Waals surface area contributed by atoms with Gasteiger partial charge in [0.25, 0.3) is 0 Å². The molecule has 1 aliphatic heterocycles. The first-order valence-electron chi connectivity index (χ1n) is 7.99. The van der Waals surface area contributed by atoms with Crippen molar-refractivity contribution in [2.45, 2.75) is 44.6 Å². The number of nitrogens with zero attached hydrogens (tertiary/aromatic N) is 1. The first-order chi connectivity index (χ1) is 10.8. The Balaban J connectivity index is 2.09. The van der Waals surface area contributed by atoms with E-state index < -0.39 is 5.60 Å². The Bertz CT molecular complexity index is 528. The van der Waals surface area contributed by atoms with E-state index in [1.807, 2.05) is 32.9 Å². The van der Waals surface area contributed by atoms with Crippen molar-refractivity contribution in [3.8, 4) is 0 Å². The predicted octanol–water partition coefficient (Wildman–Crippen LogP) is 4.26. The van der Waals surface area contributed by atoms with Gasteiger partial charge in [0.05, 0.1) is 6.61 Å². The number of likely N-dealkylation sites (tertiary alicyclic amines) is 1. The molecule has 128 valence electrons. The maximum absolute atomic E-state index is 12.2. The van der Waals surface area contributed by atoms with Gasteiger partial charge >= 0.3 is 6.09 Å². The van der Waals surface area contributed by atoms with Gasteiger partial charge in [0.15, 0.2) is 0 Å². The van der Waals surface area contributed by atoms with Gasteiger partial charge < -0.3 is 14.4 Å². The van der Waals surface area contributed by atoms with Crippen LogP contribution in [0.2, 0.25) is 5.02 Å². The maximum atomic E-state index is 12.2. The number of ether oxygens (including phenoxy) is 2. The minimum absolute atomic E-state index is 0.0716. The van der Waals surface area contributed by atoms with Crippen LogP contribution in [-0.4, -0.2) is 43.4 Å². The number of piperidine rings is 1. The van der Waals surface area contributed by atoms with Gasteiger partial charge in [0.1, 0.15) is 5.60 Å². The largest absolute Gasteiger partial charge is 0.444 e. The quantitative estimate of drug-likeness (QED) is 0.826. The molecule has 2 rings (SSSR count). The fraction of sp³-hybridized carbons (Fsp3) is 0.611. The van der Waals surface area contributed by atoms with E-state index in [1.54, 1.807) is 12.0 Å². The molecule has 1 fully saturated rings. The number of methoxy groups -OCH3 is 1. The summed E-state index contributed by atoms with van der Waals surface area (Å²) in [5, 5.41) is 0.729. The summed E-state index contributed by atoms with van der Waals surface area (Å²) in [4.78, 5) is 14.0. The molecule has 1 saturated heterocycles. The van der Waals surface area contributed by atoms with Crippen LogP contribution in [0.1, 0.15) is 39.2 Å². The molecule has 0 bridgehead atoms. The molecule has 0 atom stereocenters. The number of hydrogen-bond acceptors (Lipinski definition) is 3. The lowest BCUT2D eigenvalue weighted by Crippen LogP contribution is -2.48. The van der Waals surface area contributed by atoms with E-state index in [-0.39, 0.29) is 11.5 Å². The van der Waals surface area contributed by atoms with E-state index in [1.165, 1.54) is 5.56 Å². The standard InChI is InChI=1S/C18H26ClNO3/c1-17(2,3)23-16(21)20-11-9-18(10-12-20,13-22-4)14-5-7-15(19)8-6-14/h5-8H,9-13H2,1-4H3. The highest BCUT2D eigenvalue weighted by molar-refractivity contribution is 6.30. The van der Waals surface area contributed by atoms with E-state index >= 15 is 0 Å². The van der Waals surface area contributed by atoms with E-state index in [2.05, 4.69) is 12.1 Å². The van der Waals surface area contributed by atoms with Crippen molar-refractivity contribution in [3.63, 3.8) is 0 Å². The van der Waals surface area contributed by atoms with Crippen LogP contribution in [0.15, 0.2) is 24.3 Å². The molecule has 0 N–H and O–H groups in total. The normalized spacial score (nSPS) is 17.9. The van der Waals surface area contributed by atoms with Crippen molar-refractivity contribution in [2.75, 3.05) is 26.8 Å². The van der Waals surface area contributed by atoms with E-state index in [9.17, 15) is 4.79 Å². The monoisotopic (exact) mass is 339 g/mol. The van der Waals surface area contributed by atoms with Crippen molar-refractivity contribution >= 4 is 17.7 Å². The summed E-state index contributed by atoms with van der Waals surface area (Å²) in [7, 11) is 1.72. The van der Waals surface area contributed by atoms with Gasteiger partial charge in [0, 0.05) is 30.6 Å². The van der Waals surface area contributed by atoms with Crippen molar-refractivity contribution in [2.24, 2.45) is 0 Å². The molecule has 1 aromatic rings. The highest BCUT2D eigenvalue weighted by Gasteiger charge is 2.38. The lowest BCUT2D eigenvalue weighted by atomic mass is 9.73. The Morgan fingerprint density at radius 3 is 2.26 bits per heavy atom. The Morgan fingerprint density at radius 2 is 1.78 bits per heavy atom. The maximum Gasteiger partial charge on any atom is 0.410 e. The first-order valence-corrected chi connectivity index (χ1v) is 8.36. The summed E-state index contributed by atoms with van der Waals surface area (Å²) in [6.45, 7) is 7.63. The molecule has 23 heavy (non-hydrogen) atoms. The summed E-state index contributed by atoms with van der Waals surface area (Å²) >= 11 is 6.00. The highest BCUT2D eigenvalue weighted by atomic mass is 35.5. The predicted molar refractivity (Wildman–Crippen MR) is 92.0 cm³/mol. The lowest BCUT2D eigenvalue weighted by Gasteiger charge is -2.42. The van der Waals surface area contributed by atoms with Gasteiger partial charge in [0.2, 0.25) is 0 Å². The number of rotatable bonds is 3. The number of halogens is 1. The second kappa shape index (κ2) is 7.10. The molecule has 1 aliphatic rings. The van der Waals surface area contributed by atoms with Gasteiger partial charge in [-0.2, -0.15) is 0 Å². The second-order valence-corrected chi connectivity index (χ2v) is 7.62. The Kier molecular flexibility index (Phi) is 5.58. The highest BCUT2D eigenvalue weighted by Crippen LogP contribution is 2.36. The third-order valence-electron chi connectivity index (χ3n) is 4.25. The summed E-state index contributed by atoms with van der Waals surface area (Å²) in [6.07, 6.45) is 1.46. The number of carbonyl (C=O) groups excluding carboxylic acids is 1. The Hall–Kier alpha value is -1.26. The van der Waals surface area contributed by atoms with E-state index in [0.29, 0.717) is 19.7 Å². The molecule has 1 heterocycles. The van der Waals surface area contributed by atoms with Crippen molar-refractivity contribution in [3.05, 3.63) is 34.9 Å². The van der Waals surface area contributed by atoms with Crippen LogP contribution < -0.4 is 0 Å². The van der Waals surface area contributed by atoms with Crippen LogP contribution in [-0.2, 0) is 14.9 Å². The zero-order valence-corrected chi connectivity index (χ0v) is 15.2. The van der Waals surface area contributed by atoms with Crippen LogP contribution in [0.25, 0.3) is 0 Å². The molecule has 1 aromatic carbocycles. The second-order valence-electron chi connectivity index (χ2n) is 7.19. The summed E-state index contributed by atoms with van der Waals surface area (Å²) in [6, 6.07) is 7.94. The molecular formula is C18H26ClNO3. The number of carbonyl (C=O) groups is 1. The van der Waals surface area contributed by atoms with Gasteiger partial charge in [-0.3, -0.25) is 0 Å². The zero-order valence-electron chi connectivity index (χ0n) is 14.4. The van der Waals surface area contributed by atoms with Crippen molar-refractivity contribution < 1.29 is 14.3 Å². The lowest BCUT2D eigenvalue weighted by molar-refractivity contribution is 0.00975. The Labute approximate surface area is 143 Å². The van der Waals surface area contributed by atoms with Crippen molar-refractivity contribution in [1.82, 2.24) is 4.90 Å². The molecule has 0 radical (unpaired) electrons. The molecular weight excluding hydrogens is 314 g/mol. The van der Waals surface area contributed by atoms with Gasteiger partial charge in [-0.05, 0) is 51.3 Å². The number of benzene rings is 1. The molecule has 0 unspecified atom stereocenters. The fourth-order valence-corrected chi connectivity index (χ4v) is 3.17. The molecule has 0 spiro atoms. The van der Waals surface area contributed by atoms with Gasteiger partial charge in [-0.1, -0.05) is 23.7 Å². The van der Waals surface area contributed by atoms with Crippen LogP contribution in [0.4, 0.5) is 4.79 Å². The van der Waals surface area contributed by atoms with Crippen LogP contribution in [0.5, 0.6) is 0 Å². The molecule has 0 saturated carbocycles.